The number of nitrogens with zero attached hydrogens (tertiary/aromatic N) is 2. The minimum atomic E-state index is -3.84. The smallest absolute Gasteiger partial charge is 0.271 e. The Morgan fingerprint density at radius 2 is 1.85 bits per heavy atom. The monoisotopic (exact) mass is 393 g/mol. The van der Waals surface area contributed by atoms with Crippen LogP contribution in [-0.2, 0) is 10.0 Å². The number of nitro groups is 1. The van der Waals surface area contributed by atoms with Crippen molar-refractivity contribution in [2.75, 3.05) is 26.5 Å². The van der Waals surface area contributed by atoms with E-state index in [0.29, 0.717) is 5.56 Å². The number of sulfonamides is 1. The van der Waals surface area contributed by atoms with Crippen LogP contribution >= 0.6 is 0 Å². The molecular weight excluding hydrogens is 374 g/mol. The number of amides is 1. The van der Waals surface area contributed by atoms with Crippen LogP contribution in [0.5, 0.6) is 5.75 Å². The van der Waals surface area contributed by atoms with Gasteiger partial charge < -0.3 is 10.1 Å². The van der Waals surface area contributed by atoms with Gasteiger partial charge in [-0.3, -0.25) is 14.9 Å². The molecule has 27 heavy (non-hydrogen) atoms. The molecule has 0 aromatic heterocycles. The first-order valence-electron chi connectivity index (χ1n) is 7.75. The molecule has 0 radical (unpaired) electrons. The molecule has 0 aliphatic rings. The molecule has 0 unspecified atom stereocenters. The van der Waals surface area contributed by atoms with Crippen LogP contribution in [0.3, 0.4) is 0 Å². The van der Waals surface area contributed by atoms with E-state index in [9.17, 15) is 23.3 Å². The quantitative estimate of drug-likeness (QED) is 0.595. The Hall–Kier alpha value is -2.98. The Kier molecular flexibility index (Phi) is 5.82. The molecule has 0 atom stereocenters. The molecule has 0 saturated heterocycles. The highest BCUT2D eigenvalue weighted by atomic mass is 32.2. The number of rotatable bonds is 6. The lowest BCUT2D eigenvalue weighted by Gasteiger charge is -2.15. The highest BCUT2D eigenvalue weighted by Crippen LogP contribution is 2.28. The van der Waals surface area contributed by atoms with Crippen molar-refractivity contribution in [1.29, 1.82) is 0 Å². The molecular formula is C17H19N3O6S. The number of methoxy groups -OCH3 is 1. The zero-order chi connectivity index (χ0) is 20.4. The second-order valence-electron chi connectivity index (χ2n) is 5.86. The Balaban J connectivity index is 2.44. The van der Waals surface area contributed by atoms with Crippen molar-refractivity contribution < 1.29 is 22.9 Å². The van der Waals surface area contributed by atoms with Gasteiger partial charge in [-0.15, -0.1) is 0 Å². The number of hydrogen-bond donors (Lipinski definition) is 1. The van der Waals surface area contributed by atoms with E-state index < -0.39 is 20.9 Å². The fraction of sp³-hybridized carbons (Fsp3) is 0.235. The molecule has 2 aromatic rings. The SMILES string of the molecule is COc1ccc(C(=O)Nc2cc([N+](=O)[O-])ccc2C)cc1S(=O)(=O)N(C)C. The van der Waals surface area contributed by atoms with E-state index in [-0.39, 0.29) is 27.6 Å². The fourth-order valence-corrected chi connectivity index (χ4v) is 3.34. The Morgan fingerprint density at radius 3 is 2.41 bits per heavy atom. The Bertz CT molecular complexity index is 1000. The van der Waals surface area contributed by atoms with Crippen LogP contribution in [0.1, 0.15) is 15.9 Å². The van der Waals surface area contributed by atoms with Crippen LogP contribution < -0.4 is 10.1 Å². The van der Waals surface area contributed by atoms with Crippen molar-refractivity contribution in [3.8, 4) is 5.75 Å². The lowest BCUT2D eigenvalue weighted by molar-refractivity contribution is -0.384. The molecule has 0 heterocycles. The first-order chi connectivity index (χ1) is 12.6. The zero-order valence-corrected chi connectivity index (χ0v) is 16.0. The summed E-state index contributed by atoms with van der Waals surface area (Å²) in [6, 6.07) is 8.09. The van der Waals surface area contributed by atoms with E-state index in [1.807, 2.05) is 0 Å². The first-order valence-corrected chi connectivity index (χ1v) is 9.19. The summed E-state index contributed by atoms with van der Waals surface area (Å²) < 4.78 is 31.0. The molecule has 0 fully saturated rings. The summed E-state index contributed by atoms with van der Waals surface area (Å²) in [6.07, 6.45) is 0. The lowest BCUT2D eigenvalue weighted by Crippen LogP contribution is -2.23. The van der Waals surface area contributed by atoms with Gasteiger partial charge in [-0.1, -0.05) is 6.07 Å². The summed E-state index contributed by atoms with van der Waals surface area (Å²) in [5, 5.41) is 13.5. The molecule has 2 aromatic carbocycles. The van der Waals surface area contributed by atoms with Gasteiger partial charge in [0.2, 0.25) is 10.0 Å². The molecule has 0 spiro atoms. The largest absolute Gasteiger partial charge is 0.495 e. The third kappa shape index (κ3) is 4.23. The van der Waals surface area contributed by atoms with Gasteiger partial charge >= 0.3 is 0 Å². The van der Waals surface area contributed by atoms with Crippen molar-refractivity contribution in [2.45, 2.75) is 11.8 Å². The molecule has 10 heteroatoms. The van der Waals surface area contributed by atoms with E-state index in [1.54, 1.807) is 6.92 Å². The van der Waals surface area contributed by atoms with Crippen molar-refractivity contribution >= 4 is 27.3 Å². The number of nitrogens with one attached hydrogen (secondary N) is 1. The van der Waals surface area contributed by atoms with E-state index in [0.717, 1.165) is 4.31 Å². The van der Waals surface area contributed by atoms with Crippen molar-refractivity contribution in [3.63, 3.8) is 0 Å². The molecule has 2 rings (SSSR count). The maximum absolute atomic E-state index is 12.6. The first kappa shape index (κ1) is 20.3. The summed E-state index contributed by atoms with van der Waals surface area (Å²) in [7, 11) is 0.232. The summed E-state index contributed by atoms with van der Waals surface area (Å²) in [5.74, 6) is -0.497. The number of anilines is 1. The number of aryl methyl sites for hydroxylation is 1. The number of non-ortho nitro benzene ring substituents is 1. The molecule has 0 bridgehead atoms. The van der Waals surface area contributed by atoms with Gasteiger partial charge in [0, 0.05) is 31.8 Å². The average molecular weight is 393 g/mol. The number of ether oxygens (including phenoxy) is 1. The van der Waals surface area contributed by atoms with Crippen molar-refractivity contribution in [1.82, 2.24) is 4.31 Å². The molecule has 1 N–H and O–H groups in total. The molecule has 0 saturated carbocycles. The number of carbonyl (C=O) groups excluding carboxylic acids is 1. The van der Waals surface area contributed by atoms with Gasteiger partial charge in [0.15, 0.2) is 0 Å². The summed E-state index contributed by atoms with van der Waals surface area (Å²) in [5.41, 5.74) is 0.800. The second-order valence-corrected chi connectivity index (χ2v) is 7.98. The van der Waals surface area contributed by atoms with E-state index in [2.05, 4.69) is 5.32 Å². The zero-order valence-electron chi connectivity index (χ0n) is 15.2. The van der Waals surface area contributed by atoms with Crippen molar-refractivity contribution in [2.24, 2.45) is 0 Å². The van der Waals surface area contributed by atoms with Gasteiger partial charge in [0.05, 0.1) is 17.7 Å². The number of benzene rings is 2. The number of nitro benzene ring substituents is 1. The summed E-state index contributed by atoms with van der Waals surface area (Å²) in [4.78, 5) is 22.8. The van der Waals surface area contributed by atoms with Crippen molar-refractivity contribution in [3.05, 3.63) is 57.6 Å². The van der Waals surface area contributed by atoms with E-state index >= 15 is 0 Å². The van der Waals surface area contributed by atoms with Crippen LogP contribution in [0.4, 0.5) is 11.4 Å². The molecule has 1 amide bonds. The number of hydrogen-bond acceptors (Lipinski definition) is 6. The Morgan fingerprint density at radius 1 is 1.19 bits per heavy atom. The number of carbonyl (C=O) groups is 1. The minimum Gasteiger partial charge on any atom is -0.495 e. The highest BCUT2D eigenvalue weighted by molar-refractivity contribution is 7.89. The minimum absolute atomic E-state index is 0.0714. The normalized spacial score (nSPS) is 11.3. The van der Waals surface area contributed by atoms with Crippen LogP contribution in [-0.4, -0.2) is 44.8 Å². The van der Waals surface area contributed by atoms with E-state index in [4.69, 9.17) is 4.74 Å². The standard InChI is InChI=1S/C17H19N3O6S/c1-11-5-7-13(20(22)23)10-14(11)18-17(21)12-6-8-15(26-4)16(9-12)27(24,25)19(2)3/h5-10H,1-4H3,(H,18,21). The molecule has 9 nitrogen and oxygen atoms in total. The van der Waals surface area contributed by atoms with Gasteiger partial charge in [-0.25, -0.2) is 12.7 Å². The summed E-state index contributed by atoms with van der Waals surface area (Å²) in [6.45, 7) is 1.69. The molecule has 0 aliphatic carbocycles. The predicted molar refractivity (Wildman–Crippen MR) is 99.7 cm³/mol. The van der Waals surface area contributed by atoms with Gasteiger partial charge in [0.25, 0.3) is 11.6 Å². The maximum Gasteiger partial charge on any atom is 0.271 e. The maximum atomic E-state index is 12.6. The topological polar surface area (TPSA) is 119 Å². The van der Waals surface area contributed by atoms with Crippen LogP contribution in [0.15, 0.2) is 41.3 Å². The van der Waals surface area contributed by atoms with Crippen LogP contribution in [0, 0.1) is 17.0 Å². The fourth-order valence-electron chi connectivity index (χ4n) is 2.27. The third-order valence-corrected chi connectivity index (χ3v) is 5.70. The molecule has 144 valence electrons. The average Bonchev–Trinajstić information content (AvgIpc) is 2.62. The van der Waals surface area contributed by atoms with E-state index in [1.165, 1.54) is 57.6 Å². The lowest BCUT2D eigenvalue weighted by atomic mass is 10.1. The second kappa shape index (κ2) is 7.72. The summed E-state index contributed by atoms with van der Waals surface area (Å²) >= 11 is 0. The van der Waals surface area contributed by atoms with Gasteiger partial charge in [0.1, 0.15) is 10.6 Å². The van der Waals surface area contributed by atoms with Crippen LogP contribution in [0.25, 0.3) is 0 Å². The Labute approximate surface area is 156 Å². The predicted octanol–water partition coefficient (Wildman–Crippen LogP) is 2.41. The highest BCUT2D eigenvalue weighted by Gasteiger charge is 2.24. The molecule has 0 aliphatic heterocycles. The van der Waals surface area contributed by atoms with Gasteiger partial charge in [-0.05, 0) is 30.7 Å². The van der Waals surface area contributed by atoms with Crippen LogP contribution in [0.2, 0.25) is 0 Å². The third-order valence-electron chi connectivity index (χ3n) is 3.86. The van der Waals surface area contributed by atoms with Gasteiger partial charge in [-0.2, -0.15) is 0 Å².